The van der Waals surface area contributed by atoms with Crippen molar-refractivity contribution in [2.24, 2.45) is 0 Å². The molecule has 14 heavy (non-hydrogen) atoms. The highest BCUT2D eigenvalue weighted by atomic mass is 16.7. The fraction of sp³-hybridized carbons (Fsp3) is 0.600. The van der Waals surface area contributed by atoms with Gasteiger partial charge in [-0.2, -0.15) is 0 Å². The van der Waals surface area contributed by atoms with Crippen LogP contribution in [0, 0.1) is 0 Å². The van der Waals surface area contributed by atoms with Crippen molar-refractivity contribution in [3.8, 4) is 0 Å². The molecule has 2 saturated heterocycles. The molecule has 0 aromatic carbocycles. The van der Waals surface area contributed by atoms with Crippen LogP contribution in [-0.4, -0.2) is 38.0 Å². The Morgan fingerprint density at radius 3 is 1.14 bits per heavy atom. The highest BCUT2D eigenvalue weighted by molar-refractivity contribution is 5.25. The molecule has 3 aliphatic rings. The molecule has 2 aliphatic heterocycles. The maximum atomic E-state index is 5.48. The van der Waals surface area contributed by atoms with Crippen LogP contribution in [0.15, 0.2) is 24.3 Å². The zero-order valence-corrected chi connectivity index (χ0v) is 7.77. The van der Waals surface area contributed by atoms with Crippen molar-refractivity contribution < 1.29 is 18.9 Å². The lowest BCUT2D eigenvalue weighted by Crippen LogP contribution is -2.34. The summed E-state index contributed by atoms with van der Waals surface area (Å²) < 4.78 is 21.9. The molecular formula is C10H12O4. The van der Waals surface area contributed by atoms with E-state index in [1.54, 1.807) is 0 Å². The van der Waals surface area contributed by atoms with Crippen LogP contribution in [0.3, 0.4) is 0 Å². The van der Waals surface area contributed by atoms with Crippen LogP contribution >= 0.6 is 0 Å². The van der Waals surface area contributed by atoms with Crippen LogP contribution in [0.1, 0.15) is 0 Å². The van der Waals surface area contributed by atoms with Crippen molar-refractivity contribution in [2.45, 2.75) is 11.6 Å². The maximum Gasteiger partial charge on any atom is 0.208 e. The molecule has 2 fully saturated rings. The number of hydrogen-bond donors (Lipinski definition) is 0. The van der Waals surface area contributed by atoms with E-state index in [-0.39, 0.29) is 0 Å². The zero-order chi connectivity index (χ0) is 9.49. The van der Waals surface area contributed by atoms with Crippen molar-refractivity contribution in [3.63, 3.8) is 0 Å². The van der Waals surface area contributed by atoms with Crippen LogP contribution < -0.4 is 0 Å². The van der Waals surface area contributed by atoms with E-state index in [1.807, 2.05) is 24.3 Å². The van der Waals surface area contributed by atoms with Gasteiger partial charge in [0.1, 0.15) is 0 Å². The maximum absolute atomic E-state index is 5.48. The Labute approximate surface area is 82.1 Å². The van der Waals surface area contributed by atoms with Crippen LogP contribution in [0.25, 0.3) is 0 Å². The monoisotopic (exact) mass is 196 g/mol. The Morgan fingerprint density at radius 2 is 0.857 bits per heavy atom. The first kappa shape index (κ1) is 8.61. The van der Waals surface area contributed by atoms with Crippen LogP contribution in [0.5, 0.6) is 0 Å². The molecule has 2 spiro atoms. The Balaban J connectivity index is 1.83. The van der Waals surface area contributed by atoms with Gasteiger partial charge in [0.25, 0.3) is 0 Å². The molecule has 3 rings (SSSR count). The lowest BCUT2D eigenvalue weighted by Gasteiger charge is -2.29. The molecule has 1 aliphatic carbocycles. The predicted octanol–water partition coefficient (Wildman–Crippen LogP) is 0.599. The van der Waals surface area contributed by atoms with Crippen LogP contribution in [0.4, 0.5) is 0 Å². The highest BCUT2D eigenvalue weighted by Crippen LogP contribution is 2.33. The van der Waals surface area contributed by atoms with Crippen LogP contribution in [-0.2, 0) is 18.9 Å². The molecule has 0 N–H and O–H groups in total. The van der Waals surface area contributed by atoms with Crippen molar-refractivity contribution >= 4 is 0 Å². The second-order valence-electron chi connectivity index (χ2n) is 3.50. The first-order valence-electron chi connectivity index (χ1n) is 4.79. The lowest BCUT2D eigenvalue weighted by molar-refractivity contribution is -0.104. The van der Waals surface area contributed by atoms with Crippen molar-refractivity contribution in [1.82, 2.24) is 0 Å². The molecule has 2 heterocycles. The van der Waals surface area contributed by atoms with Crippen molar-refractivity contribution in [3.05, 3.63) is 24.3 Å². The Bertz CT molecular complexity index is 236. The summed E-state index contributed by atoms with van der Waals surface area (Å²) in [7, 11) is 0. The summed E-state index contributed by atoms with van der Waals surface area (Å²) in [5.41, 5.74) is 0. The Kier molecular flexibility index (Phi) is 1.79. The van der Waals surface area contributed by atoms with E-state index >= 15 is 0 Å². The molecule has 0 aromatic rings. The van der Waals surface area contributed by atoms with E-state index in [1.165, 1.54) is 0 Å². The summed E-state index contributed by atoms with van der Waals surface area (Å²) in [6.45, 7) is 2.51. The van der Waals surface area contributed by atoms with Gasteiger partial charge in [-0.15, -0.1) is 0 Å². The summed E-state index contributed by atoms with van der Waals surface area (Å²) >= 11 is 0. The Morgan fingerprint density at radius 1 is 0.571 bits per heavy atom. The molecule has 0 amide bonds. The normalized spacial score (nSPS) is 32.0. The van der Waals surface area contributed by atoms with Crippen molar-refractivity contribution in [1.29, 1.82) is 0 Å². The van der Waals surface area contributed by atoms with Gasteiger partial charge in [0, 0.05) is 0 Å². The molecule has 0 aromatic heterocycles. The largest absolute Gasteiger partial charge is 0.341 e. The summed E-state index contributed by atoms with van der Waals surface area (Å²) in [6.07, 6.45) is 7.41. The van der Waals surface area contributed by atoms with E-state index in [4.69, 9.17) is 18.9 Å². The highest BCUT2D eigenvalue weighted by Gasteiger charge is 2.40. The molecule has 0 atom stereocenters. The molecule has 4 nitrogen and oxygen atoms in total. The Hall–Kier alpha value is -0.680. The fourth-order valence-corrected chi connectivity index (χ4v) is 1.85. The molecule has 4 heteroatoms. The quantitative estimate of drug-likeness (QED) is 0.532. The van der Waals surface area contributed by atoms with Gasteiger partial charge in [0.05, 0.1) is 26.4 Å². The molecular weight excluding hydrogens is 184 g/mol. The first-order valence-corrected chi connectivity index (χ1v) is 4.79. The second-order valence-corrected chi connectivity index (χ2v) is 3.50. The predicted molar refractivity (Wildman–Crippen MR) is 47.6 cm³/mol. The summed E-state index contributed by atoms with van der Waals surface area (Å²) in [6, 6.07) is 0. The first-order chi connectivity index (χ1) is 6.83. The summed E-state index contributed by atoms with van der Waals surface area (Å²) in [5, 5.41) is 0. The topological polar surface area (TPSA) is 36.9 Å². The SMILES string of the molecule is C1=CC2(C=CC13OCCO3)OCCO2. The van der Waals surface area contributed by atoms with E-state index in [2.05, 4.69) is 0 Å². The van der Waals surface area contributed by atoms with E-state index in [9.17, 15) is 0 Å². The zero-order valence-electron chi connectivity index (χ0n) is 7.77. The van der Waals surface area contributed by atoms with E-state index < -0.39 is 11.6 Å². The van der Waals surface area contributed by atoms with Crippen molar-refractivity contribution in [2.75, 3.05) is 26.4 Å². The number of hydrogen-bond acceptors (Lipinski definition) is 4. The number of rotatable bonds is 0. The standard InChI is InChI=1S/C10H12O4/c1-2-10(13-7-8-14-10)4-3-9(1)11-5-6-12-9/h1-4H,5-8H2. The molecule has 0 radical (unpaired) electrons. The third kappa shape index (κ3) is 1.23. The smallest absolute Gasteiger partial charge is 0.208 e. The molecule has 0 bridgehead atoms. The van der Waals surface area contributed by atoms with Gasteiger partial charge in [0.2, 0.25) is 11.6 Å². The van der Waals surface area contributed by atoms with Crippen LogP contribution in [0.2, 0.25) is 0 Å². The fourth-order valence-electron chi connectivity index (χ4n) is 1.85. The summed E-state index contributed by atoms with van der Waals surface area (Å²) in [4.78, 5) is 0. The van der Waals surface area contributed by atoms with Gasteiger partial charge >= 0.3 is 0 Å². The minimum atomic E-state index is -0.666. The van der Waals surface area contributed by atoms with Gasteiger partial charge < -0.3 is 18.9 Å². The minimum absolute atomic E-state index is 0.628. The number of ether oxygens (including phenoxy) is 4. The minimum Gasteiger partial charge on any atom is -0.341 e. The van der Waals surface area contributed by atoms with Gasteiger partial charge in [-0.05, 0) is 24.3 Å². The van der Waals surface area contributed by atoms with Gasteiger partial charge in [-0.1, -0.05) is 0 Å². The van der Waals surface area contributed by atoms with Gasteiger partial charge in [-0.25, -0.2) is 0 Å². The average Bonchev–Trinajstić information content (AvgIpc) is 2.81. The van der Waals surface area contributed by atoms with E-state index in [0.29, 0.717) is 26.4 Å². The van der Waals surface area contributed by atoms with E-state index in [0.717, 1.165) is 0 Å². The summed E-state index contributed by atoms with van der Waals surface area (Å²) in [5.74, 6) is -1.33. The van der Waals surface area contributed by atoms with Gasteiger partial charge in [-0.3, -0.25) is 0 Å². The third-order valence-electron chi connectivity index (χ3n) is 2.57. The molecule has 76 valence electrons. The molecule has 0 unspecified atom stereocenters. The van der Waals surface area contributed by atoms with Gasteiger partial charge in [0.15, 0.2) is 0 Å². The third-order valence-corrected chi connectivity index (χ3v) is 2.57. The second kappa shape index (κ2) is 2.90. The lowest BCUT2D eigenvalue weighted by atomic mass is 10.1. The average molecular weight is 196 g/mol. The molecule has 0 saturated carbocycles.